The number of aromatic nitrogens is 2. The molecular weight excluding hydrogens is 264 g/mol. The molecule has 0 amide bonds. The average molecular weight is 280 g/mol. The van der Waals surface area contributed by atoms with E-state index >= 15 is 0 Å². The van der Waals surface area contributed by atoms with E-state index in [1.54, 1.807) is 6.92 Å². The number of rotatable bonds is 3. The van der Waals surface area contributed by atoms with Crippen LogP contribution >= 0.6 is 0 Å². The Morgan fingerprint density at radius 1 is 1.19 bits per heavy atom. The summed E-state index contributed by atoms with van der Waals surface area (Å²) in [5, 5.41) is 12.6. The lowest BCUT2D eigenvalue weighted by atomic mass is 10.0. The fraction of sp³-hybridized carbons (Fsp3) is 0.176. The summed E-state index contributed by atoms with van der Waals surface area (Å²) in [5.74, 6) is 0. The van der Waals surface area contributed by atoms with E-state index in [1.807, 2.05) is 42.5 Å². The minimum atomic E-state index is -0.752. The molecule has 0 aliphatic carbocycles. The maximum Gasteiger partial charge on any atom is 0.253 e. The molecule has 0 aliphatic rings. The maximum absolute atomic E-state index is 11.9. The Morgan fingerprint density at radius 2 is 1.95 bits per heavy atom. The number of aliphatic hydroxyl groups excluding tert-OH is 1. The molecule has 0 saturated carbocycles. The summed E-state index contributed by atoms with van der Waals surface area (Å²) >= 11 is 0. The van der Waals surface area contributed by atoms with Gasteiger partial charge in [0.1, 0.15) is 0 Å². The van der Waals surface area contributed by atoms with Gasteiger partial charge in [-0.2, -0.15) is 0 Å². The van der Waals surface area contributed by atoms with Gasteiger partial charge < -0.3 is 5.11 Å². The van der Waals surface area contributed by atoms with Crippen molar-refractivity contribution >= 4 is 10.8 Å². The van der Waals surface area contributed by atoms with E-state index in [0.717, 1.165) is 16.3 Å². The first-order valence-electron chi connectivity index (χ1n) is 6.84. The number of aryl methyl sites for hydroxylation is 1. The number of nitrogens with zero attached hydrogens (tertiary/aromatic N) is 2. The van der Waals surface area contributed by atoms with Crippen LogP contribution in [0.25, 0.3) is 10.8 Å². The number of hydrogen-bond donors (Lipinski definition) is 1. The Labute approximate surface area is 122 Å². The third-order valence-corrected chi connectivity index (χ3v) is 3.57. The fourth-order valence-electron chi connectivity index (χ4n) is 2.48. The molecule has 0 fully saturated rings. The Balaban J connectivity index is 1.97. The molecule has 1 N–H and O–H groups in total. The second-order valence-corrected chi connectivity index (χ2v) is 5.11. The molecule has 0 bridgehead atoms. The van der Waals surface area contributed by atoms with Crippen molar-refractivity contribution in [2.45, 2.75) is 19.6 Å². The Hall–Kier alpha value is -2.46. The minimum absolute atomic E-state index is 0.151. The molecular formula is C17H16N2O2. The van der Waals surface area contributed by atoms with Crippen LogP contribution in [-0.2, 0) is 6.54 Å². The van der Waals surface area contributed by atoms with Crippen molar-refractivity contribution < 1.29 is 5.11 Å². The predicted molar refractivity (Wildman–Crippen MR) is 82.1 cm³/mol. The van der Waals surface area contributed by atoms with Gasteiger partial charge in [-0.05, 0) is 23.3 Å². The molecule has 0 spiro atoms. The number of benzene rings is 2. The summed E-state index contributed by atoms with van der Waals surface area (Å²) in [6.45, 7) is 1.97. The van der Waals surface area contributed by atoms with Gasteiger partial charge in [0.25, 0.3) is 5.56 Å². The van der Waals surface area contributed by atoms with E-state index in [1.165, 1.54) is 17.0 Å². The highest BCUT2D eigenvalue weighted by molar-refractivity contribution is 5.85. The van der Waals surface area contributed by atoms with Gasteiger partial charge in [-0.1, -0.05) is 42.5 Å². The first-order valence-corrected chi connectivity index (χ1v) is 6.84. The highest BCUT2D eigenvalue weighted by Crippen LogP contribution is 2.24. The van der Waals surface area contributed by atoms with E-state index in [2.05, 4.69) is 4.98 Å². The second kappa shape index (κ2) is 5.50. The van der Waals surface area contributed by atoms with Crippen LogP contribution in [-0.4, -0.2) is 14.7 Å². The lowest BCUT2D eigenvalue weighted by Crippen LogP contribution is -2.23. The molecule has 3 rings (SSSR count). The summed E-state index contributed by atoms with van der Waals surface area (Å²) in [4.78, 5) is 16.0. The zero-order valence-corrected chi connectivity index (χ0v) is 11.7. The number of aliphatic hydroxyl groups is 1. The molecule has 3 aromatic rings. The molecule has 0 radical (unpaired) electrons. The van der Waals surface area contributed by atoms with Gasteiger partial charge in [0, 0.05) is 11.8 Å². The predicted octanol–water partition coefficient (Wildman–Crippen LogP) is 2.44. The molecule has 1 aromatic heterocycles. The van der Waals surface area contributed by atoms with Gasteiger partial charge in [0.15, 0.2) is 0 Å². The van der Waals surface area contributed by atoms with Crippen LogP contribution in [0.4, 0.5) is 0 Å². The third kappa shape index (κ3) is 2.71. The zero-order valence-electron chi connectivity index (χ0n) is 11.7. The van der Waals surface area contributed by atoms with Gasteiger partial charge in [-0.3, -0.25) is 9.36 Å². The van der Waals surface area contributed by atoms with Crippen molar-refractivity contribution in [3.05, 3.63) is 76.5 Å². The van der Waals surface area contributed by atoms with E-state index in [4.69, 9.17) is 0 Å². The van der Waals surface area contributed by atoms with Crippen LogP contribution in [0, 0.1) is 6.92 Å². The van der Waals surface area contributed by atoms with Crippen molar-refractivity contribution in [2.75, 3.05) is 0 Å². The van der Waals surface area contributed by atoms with Crippen LogP contribution in [0.3, 0.4) is 0 Å². The van der Waals surface area contributed by atoms with Crippen molar-refractivity contribution in [3.8, 4) is 0 Å². The largest absolute Gasteiger partial charge is 0.387 e. The summed E-state index contributed by atoms with van der Waals surface area (Å²) in [7, 11) is 0. The van der Waals surface area contributed by atoms with Crippen LogP contribution in [0.5, 0.6) is 0 Å². The smallest absolute Gasteiger partial charge is 0.253 e. The summed E-state index contributed by atoms with van der Waals surface area (Å²) < 4.78 is 1.43. The number of fused-ring (bicyclic) bond motifs is 1. The second-order valence-electron chi connectivity index (χ2n) is 5.11. The highest BCUT2D eigenvalue weighted by atomic mass is 16.3. The lowest BCUT2D eigenvalue weighted by molar-refractivity contribution is 0.156. The van der Waals surface area contributed by atoms with E-state index < -0.39 is 6.10 Å². The molecule has 4 nitrogen and oxygen atoms in total. The molecule has 21 heavy (non-hydrogen) atoms. The van der Waals surface area contributed by atoms with Gasteiger partial charge in [-0.15, -0.1) is 0 Å². The molecule has 4 heteroatoms. The maximum atomic E-state index is 11.9. The quantitative estimate of drug-likeness (QED) is 0.801. The molecule has 2 aromatic carbocycles. The van der Waals surface area contributed by atoms with E-state index in [-0.39, 0.29) is 12.1 Å². The molecule has 0 saturated heterocycles. The van der Waals surface area contributed by atoms with Crippen molar-refractivity contribution in [1.82, 2.24) is 9.55 Å². The first-order chi connectivity index (χ1) is 10.1. The monoisotopic (exact) mass is 280 g/mol. The van der Waals surface area contributed by atoms with Gasteiger partial charge in [0.2, 0.25) is 0 Å². The fourth-order valence-corrected chi connectivity index (χ4v) is 2.48. The van der Waals surface area contributed by atoms with Crippen LogP contribution in [0.1, 0.15) is 17.4 Å². The summed E-state index contributed by atoms with van der Waals surface area (Å²) in [6.07, 6.45) is 0.727. The summed E-state index contributed by atoms with van der Waals surface area (Å²) in [5.41, 5.74) is 1.35. The lowest BCUT2D eigenvalue weighted by Gasteiger charge is -2.15. The Bertz CT molecular complexity index is 834. The van der Waals surface area contributed by atoms with Crippen molar-refractivity contribution in [3.63, 3.8) is 0 Å². The molecule has 1 heterocycles. The molecule has 0 aliphatic heterocycles. The highest BCUT2D eigenvalue weighted by Gasteiger charge is 2.12. The average Bonchev–Trinajstić information content (AvgIpc) is 2.49. The van der Waals surface area contributed by atoms with Crippen molar-refractivity contribution in [2.24, 2.45) is 0 Å². The van der Waals surface area contributed by atoms with Gasteiger partial charge >= 0.3 is 0 Å². The van der Waals surface area contributed by atoms with Crippen LogP contribution in [0.2, 0.25) is 0 Å². The Kier molecular flexibility index (Phi) is 3.54. The standard InChI is InChI=1S/C17H16N2O2/c1-12-9-17(21)19(11-18-12)10-16(20)15-8-4-6-13-5-2-3-7-14(13)15/h2-9,11,16,20H,10H2,1H3. The number of hydrogen-bond acceptors (Lipinski definition) is 3. The first kappa shape index (κ1) is 13.5. The van der Waals surface area contributed by atoms with Gasteiger partial charge in [0.05, 0.1) is 19.0 Å². The molecule has 106 valence electrons. The minimum Gasteiger partial charge on any atom is -0.387 e. The zero-order chi connectivity index (χ0) is 14.8. The van der Waals surface area contributed by atoms with E-state index in [0.29, 0.717) is 5.69 Å². The summed E-state index contributed by atoms with van der Waals surface area (Å²) in [6, 6.07) is 15.2. The normalized spacial score (nSPS) is 12.5. The van der Waals surface area contributed by atoms with Crippen LogP contribution in [0.15, 0.2) is 59.7 Å². The molecule has 1 atom stereocenters. The Morgan fingerprint density at radius 3 is 2.76 bits per heavy atom. The van der Waals surface area contributed by atoms with E-state index in [9.17, 15) is 9.90 Å². The molecule has 1 unspecified atom stereocenters. The van der Waals surface area contributed by atoms with Crippen molar-refractivity contribution in [1.29, 1.82) is 0 Å². The third-order valence-electron chi connectivity index (χ3n) is 3.57. The van der Waals surface area contributed by atoms with Crippen LogP contribution < -0.4 is 5.56 Å². The SMILES string of the molecule is Cc1cc(=O)n(CC(O)c2cccc3ccccc23)cn1. The van der Waals surface area contributed by atoms with Gasteiger partial charge in [-0.25, -0.2) is 4.98 Å². The topological polar surface area (TPSA) is 55.1 Å².